The molecular weight excluding hydrogens is 833 g/mol. The van der Waals surface area contributed by atoms with Crippen LogP contribution in [-0.2, 0) is 38.7 Å². The van der Waals surface area contributed by atoms with E-state index in [-0.39, 0.29) is 19.4 Å². The topological polar surface area (TPSA) is 219 Å². The van der Waals surface area contributed by atoms with Crippen molar-refractivity contribution in [3.63, 3.8) is 0 Å². The summed E-state index contributed by atoms with van der Waals surface area (Å²) < 4.78 is 38.4. The number of amides is 5. The van der Waals surface area contributed by atoms with Crippen LogP contribution in [-0.4, -0.2) is 103 Å². The number of sulfonamides is 1. The summed E-state index contributed by atoms with van der Waals surface area (Å²) in [5.74, 6) is -2.82. The fraction of sp³-hybridized carbons (Fsp3) is 0.512. The molecule has 1 saturated heterocycles. The summed E-state index contributed by atoms with van der Waals surface area (Å²) in [5, 5.41) is 7.34. The average Bonchev–Trinajstić information content (AvgIpc) is 4.10. The van der Waals surface area contributed by atoms with Crippen LogP contribution < -0.4 is 20.7 Å². The van der Waals surface area contributed by atoms with E-state index in [0.29, 0.717) is 24.2 Å². The zero-order valence-corrected chi connectivity index (χ0v) is 37.5. The van der Waals surface area contributed by atoms with Gasteiger partial charge in [-0.05, 0) is 94.4 Å². The van der Waals surface area contributed by atoms with E-state index in [9.17, 15) is 37.2 Å². The third-order valence-corrected chi connectivity index (χ3v) is 13.0. The highest BCUT2D eigenvalue weighted by Gasteiger charge is 2.62. The lowest BCUT2D eigenvalue weighted by atomic mass is 9.85. The van der Waals surface area contributed by atoms with Crippen molar-refractivity contribution in [2.75, 3.05) is 24.4 Å². The minimum absolute atomic E-state index is 0.108. The number of anilines is 1. The molecule has 1 unspecified atom stereocenters. The smallest absolute Gasteiger partial charge is 0.411 e. The van der Waals surface area contributed by atoms with E-state index in [2.05, 4.69) is 32.2 Å². The maximum absolute atomic E-state index is 14.2. The Kier molecular flexibility index (Phi) is 15.7. The molecule has 5 rings (SSSR count). The Hall–Kier alpha value is -4.84. The van der Waals surface area contributed by atoms with E-state index in [0.717, 1.165) is 9.79 Å². The summed E-state index contributed by atoms with van der Waals surface area (Å²) in [5.41, 5.74) is -2.14. The molecule has 0 bridgehead atoms. The van der Waals surface area contributed by atoms with Gasteiger partial charge in [-0.2, -0.15) is 4.99 Å². The highest BCUT2D eigenvalue weighted by atomic mass is 32.2. The summed E-state index contributed by atoms with van der Waals surface area (Å²) >= 11 is 3.11. The van der Waals surface area contributed by atoms with E-state index in [1.54, 1.807) is 77.6 Å². The van der Waals surface area contributed by atoms with E-state index in [1.807, 2.05) is 36.8 Å². The molecule has 2 saturated carbocycles. The van der Waals surface area contributed by atoms with Crippen molar-refractivity contribution in [3.8, 4) is 0 Å². The van der Waals surface area contributed by atoms with Gasteiger partial charge in [-0.25, -0.2) is 22.8 Å². The molecule has 19 heteroatoms. The molecule has 4 N–H and O–H groups in total. The largest absolute Gasteiger partial charge is 0.444 e. The molecule has 0 spiro atoms. The molecule has 3 fully saturated rings. The number of alkyl carbamates (subject to hydrolysis) is 1. The predicted molar refractivity (Wildman–Crippen MR) is 230 cm³/mol. The van der Waals surface area contributed by atoms with Gasteiger partial charge in [0, 0.05) is 27.8 Å². The van der Waals surface area contributed by atoms with Crippen molar-refractivity contribution in [1.82, 2.24) is 20.3 Å². The lowest BCUT2D eigenvalue weighted by molar-refractivity contribution is -0.143. The van der Waals surface area contributed by atoms with Crippen LogP contribution in [0.4, 0.5) is 21.0 Å². The third-order valence-electron chi connectivity index (χ3n) is 9.69. The first-order chi connectivity index (χ1) is 28.0. The Morgan fingerprint density at radius 2 is 1.62 bits per heavy atom. The van der Waals surface area contributed by atoms with Crippen LogP contribution >= 0.6 is 23.5 Å². The molecule has 16 nitrogen and oxygen atoms in total. The standard InChI is InChI=1S/C33H47N5O9S2.C8H7NOS/c1-9-19-17-33(19,28(41)37-49(44,45)23-13-14-23)36-26(39)24-16-21(46-29(42)34-20-11-10-12-22(15-20)48-8)18-38(24)27(40)25(31(2,3)4)35-30(43)47-32(5,6)7;1-11-8-4-2-3-7(5-8)9-6-10/h9-12,15,19,21,23-25H,1,13-14,16-18H2,2-8H3,(H,34,42)(H,35,43)(H,36,39)(H,37,41);2-5H,1H3/t19?,21-,24+,25-,33-;/m1./s1. The number of hydrogen-bond acceptors (Lipinski definition) is 13. The molecule has 2 aromatic carbocycles. The van der Waals surface area contributed by atoms with Crippen LogP contribution in [0.3, 0.4) is 0 Å². The number of carbonyl (C=O) groups is 5. The van der Waals surface area contributed by atoms with Crippen molar-refractivity contribution < 1.29 is 46.7 Å². The van der Waals surface area contributed by atoms with E-state index >= 15 is 0 Å². The van der Waals surface area contributed by atoms with E-state index in [4.69, 9.17) is 9.47 Å². The van der Waals surface area contributed by atoms with Crippen molar-refractivity contribution >= 4 is 80.9 Å². The van der Waals surface area contributed by atoms with Gasteiger partial charge < -0.3 is 25.0 Å². The van der Waals surface area contributed by atoms with E-state index < -0.39 is 85.8 Å². The first-order valence-corrected chi connectivity index (χ1v) is 23.2. The molecule has 1 heterocycles. The van der Waals surface area contributed by atoms with Crippen molar-refractivity contribution in [2.24, 2.45) is 16.3 Å². The molecule has 326 valence electrons. The normalized spacial score (nSPS) is 21.4. The lowest BCUT2D eigenvalue weighted by Gasteiger charge is -2.36. The Balaban J connectivity index is 0.000000624. The molecule has 2 aromatic rings. The predicted octanol–water partition coefficient (Wildman–Crippen LogP) is 5.91. The molecule has 5 atom stereocenters. The fourth-order valence-electron chi connectivity index (χ4n) is 6.37. The van der Waals surface area contributed by atoms with Gasteiger partial charge >= 0.3 is 12.2 Å². The molecule has 0 aromatic heterocycles. The number of hydrogen-bond donors (Lipinski definition) is 4. The van der Waals surface area contributed by atoms with Crippen molar-refractivity contribution in [2.45, 2.75) is 112 Å². The van der Waals surface area contributed by atoms with Gasteiger partial charge in [0.1, 0.15) is 29.3 Å². The molecule has 3 aliphatic rings. The second kappa shape index (κ2) is 19.7. The summed E-state index contributed by atoms with van der Waals surface area (Å²) in [4.78, 5) is 84.0. The number of nitrogens with zero attached hydrogens (tertiary/aromatic N) is 2. The third kappa shape index (κ3) is 13.1. The molecular formula is C41H54N6O10S3. The van der Waals surface area contributed by atoms with Gasteiger partial charge in [0.05, 0.1) is 17.5 Å². The lowest BCUT2D eigenvalue weighted by Crippen LogP contribution is -2.60. The Morgan fingerprint density at radius 3 is 2.17 bits per heavy atom. The number of aliphatic imine (C=N–C) groups is 1. The van der Waals surface area contributed by atoms with Gasteiger partial charge in [-0.1, -0.05) is 39.0 Å². The minimum atomic E-state index is -3.91. The number of thioether (sulfide) groups is 2. The molecule has 60 heavy (non-hydrogen) atoms. The number of carbonyl (C=O) groups excluding carboxylic acids is 6. The van der Waals surface area contributed by atoms with Crippen LogP contribution in [0.2, 0.25) is 0 Å². The number of ether oxygens (including phenoxy) is 2. The second-order valence-corrected chi connectivity index (χ2v) is 20.4. The monoisotopic (exact) mass is 886 g/mol. The summed E-state index contributed by atoms with van der Waals surface area (Å²) in [6, 6.07) is 12.1. The Morgan fingerprint density at radius 1 is 0.983 bits per heavy atom. The Labute approximate surface area is 359 Å². The maximum atomic E-state index is 14.2. The number of rotatable bonds is 13. The average molecular weight is 887 g/mol. The summed E-state index contributed by atoms with van der Waals surface area (Å²) in [6.07, 6.45) is 5.12. The number of isocyanates is 1. The zero-order valence-electron chi connectivity index (χ0n) is 35.0. The summed E-state index contributed by atoms with van der Waals surface area (Å²) in [7, 11) is -3.91. The number of nitrogens with one attached hydrogen (secondary N) is 4. The van der Waals surface area contributed by atoms with Crippen LogP contribution in [0.25, 0.3) is 0 Å². The van der Waals surface area contributed by atoms with Crippen LogP contribution in [0, 0.1) is 11.3 Å². The van der Waals surface area contributed by atoms with Gasteiger partial charge in [0.2, 0.25) is 27.9 Å². The highest BCUT2D eigenvalue weighted by Crippen LogP contribution is 2.45. The van der Waals surface area contributed by atoms with Crippen molar-refractivity contribution in [1.29, 1.82) is 0 Å². The number of benzene rings is 2. The molecule has 0 radical (unpaired) electrons. The summed E-state index contributed by atoms with van der Waals surface area (Å²) in [6.45, 7) is 13.8. The second-order valence-electron chi connectivity index (χ2n) is 16.7. The van der Waals surface area contributed by atoms with Gasteiger partial charge in [-0.15, -0.1) is 30.1 Å². The SMILES string of the molecule is C=CC1C[C@]1(NC(=O)[C@@H]1C[C@@H](OC(=O)Nc2cccc(SC)c2)CN1C(=O)[C@@H](NC(=O)OC(C)(C)C)C(C)(C)C)C(=O)NS(=O)(=O)C1CC1.CSc1cccc(N=C=O)c1. The number of likely N-dealkylation sites (tertiary alicyclic amines) is 1. The molecule has 1 aliphatic heterocycles. The Bertz CT molecular complexity index is 2110. The first kappa shape index (κ1) is 47.8. The van der Waals surface area contributed by atoms with Crippen LogP contribution in [0.1, 0.15) is 67.2 Å². The van der Waals surface area contributed by atoms with Crippen LogP contribution in [0.15, 0.2) is 76.0 Å². The quantitative estimate of drug-likeness (QED) is 0.0799. The highest BCUT2D eigenvalue weighted by molar-refractivity contribution is 7.98. The zero-order chi connectivity index (χ0) is 44.6. The molecule has 2 aliphatic carbocycles. The first-order valence-electron chi connectivity index (χ1n) is 19.2. The van der Waals surface area contributed by atoms with Crippen LogP contribution in [0.5, 0.6) is 0 Å². The fourth-order valence-corrected chi connectivity index (χ4v) is 8.64. The molecule has 5 amide bonds. The van der Waals surface area contributed by atoms with Gasteiger partial charge in [-0.3, -0.25) is 24.4 Å². The minimum Gasteiger partial charge on any atom is -0.444 e. The van der Waals surface area contributed by atoms with Gasteiger partial charge in [0.25, 0.3) is 5.91 Å². The maximum Gasteiger partial charge on any atom is 0.411 e. The van der Waals surface area contributed by atoms with Crippen molar-refractivity contribution in [3.05, 3.63) is 61.2 Å². The van der Waals surface area contributed by atoms with Gasteiger partial charge in [0.15, 0.2) is 0 Å². The van der Waals surface area contributed by atoms with E-state index in [1.165, 1.54) is 28.8 Å².